The summed E-state index contributed by atoms with van der Waals surface area (Å²) in [4.78, 5) is 36.0. The molecular weight excluding hydrogens is 452 g/mol. The lowest BCUT2D eigenvalue weighted by Crippen LogP contribution is -2.34. The number of anilines is 1. The summed E-state index contributed by atoms with van der Waals surface area (Å²) >= 11 is 1.37. The zero-order chi connectivity index (χ0) is 24.5. The fraction of sp³-hybridized carbons (Fsp3) is 0.280. The largest absolute Gasteiger partial charge is 0.461 e. The zero-order valence-electron chi connectivity index (χ0n) is 19.7. The van der Waals surface area contributed by atoms with Gasteiger partial charge in [0.25, 0.3) is 0 Å². The van der Waals surface area contributed by atoms with Crippen molar-refractivity contribution in [1.82, 2.24) is 14.4 Å². The van der Waals surface area contributed by atoms with Gasteiger partial charge >= 0.3 is 12.1 Å². The maximum Gasteiger partial charge on any atom is 0.416 e. The molecule has 0 bridgehead atoms. The van der Waals surface area contributed by atoms with Gasteiger partial charge in [0.15, 0.2) is 10.8 Å². The highest BCUT2D eigenvalue weighted by atomic mass is 32.1. The Morgan fingerprint density at radius 2 is 1.85 bits per heavy atom. The van der Waals surface area contributed by atoms with Crippen LogP contribution in [0.5, 0.6) is 0 Å². The number of ether oxygens (including phenoxy) is 2. The van der Waals surface area contributed by atoms with Crippen LogP contribution < -0.4 is 4.90 Å². The molecule has 0 fully saturated rings. The van der Waals surface area contributed by atoms with Crippen LogP contribution in [-0.2, 0) is 9.47 Å². The molecule has 1 aromatic carbocycles. The van der Waals surface area contributed by atoms with E-state index in [2.05, 4.69) is 9.97 Å². The number of fused-ring (bicyclic) bond motifs is 1. The molecule has 0 radical (unpaired) electrons. The summed E-state index contributed by atoms with van der Waals surface area (Å²) in [5, 5.41) is 0.517. The summed E-state index contributed by atoms with van der Waals surface area (Å²) in [7, 11) is 1.64. The number of benzene rings is 1. The highest BCUT2D eigenvalue weighted by molar-refractivity contribution is 7.19. The molecule has 9 heteroatoms. The molecule has 176 valence electrons. The third-order valence-electron chi connectivity index (χ3n) is 4.85. The number of esters is 1. The van der Waals surface area contributed by atoms with E-state index in [1.54, 1.807) is 26.4 Å². The Hall–Kier alpha value is -3.72. The molecule has 4 aromatic rings. The van der Waals surface area contributed by atoms with Crippen molar-refractivity contribution in [3.63, 3.8) is 0 Å². The number of hydrogen-bond acceptors (Lipinski definition) is 7. The van der Waals surface area contributed by atoms with Gasteiger partial charge in [0, 0.05) is 36.8 Å². The van der Waals surface area contributed by atoms with Crippen molar-refractivity contribution in [3.05, 3.63) is 60.7 Å². The maximum atomic E-state index is 12.5. The maximum absolute atomic E-state index is 12.5. The van der Waals surface area contributed by atoms with E-state index < -0.39 is 17.7 Å². The van der Waals surface area contributed by atoms with E-state index in [1.807, 2.05) is 67.8 Å². The Labute approximate surface area is 201 Å². The van der Waals surface area contributed by atoms with Crippen molar-refractivity contribution in [2.24, 2.45) is 0 Å². The van der Waals surface area contributed by atoms with E-state index in [0.29, 0.717) is 10.8 Å². The second kappa shape index (κ2) is 9.26. The molecule has 3 heterocycles. The van der Waals surface area contributed by atoms with E-state index in [0.717, 1.165) is 21.6 Å². The molecule has 0 saturated heterocycles. The molecule has 0 spiro atoms. The molecule has 8 nitrogen and oxygen atoms in total. The van der Waals surface area contributed by atoms with Crippen LogP contribution in [-0.4, -0.2) is 45.7 Å². The number of amides is 1. The third-order valence-corrected chi connectivity index (χ3v) is 5.98. The van der Waals surface area contributed by atoms with Crippen LogP contribution in [0.25, 0.3) is 27.2 Å². The monoisotopic (exact) mass is 478 g/mol. The molecule has 3 aromatic heterocycles. The number of thiazole rings is 1. The van der Waals surface area contributed by atoms with Crippen molar-refractivity contribution < 1.29 is 19.1 Å². The van der Waals surface area contributed by atoms with E-state index in [1.165, 1.54) is 16.2 Å². The molecule has 0 atom stereocenters. The summed E-state index contributed by atoms with van der Waals surface area (Å²) in [6.07, 6.45) is 4.81. The van der Waals surface area contributed by atoms with E-state index in [4.69, 9.17) is 9.47 Å². The SMILES string of the molecule is CCOC(=O)c1cn2cc(-c3cnc(N(C)C(=O)OC(C)(C)C)s3)cc(-c3ccccc3)c2n1. The highest BCUT2D eigenvalue weighted by Gasteiger charge is 2.23. The Morgan fingerprint density at radius 1 is 1.12 bits per heavy atom. The van der Waals surface area contributed by atoms with Crippen LogP contribution in [0.3, 0.4) is 0 Å². The Morgan fingerprint density at radius 3 is 2.53 bits per heavy atom. The zero-order valence-corrected chi connectivity index (χ0v) is 20.5. The second-order valence-electron chi connectivity index (χ2n) is 8.63. The van der Waals surface area contributed by atoms with Gasteiger partial charge in [-0.15, -0.1) is 0 Å². The predicted octanol–water partition coefficient (Wildman–Crippen LogP) is 5.67. The minimum Gasteiger partial charge on any atom is -0.461 e. The summed E-state index contributed by atoms with van der Waals surface area (Å²) in [5.74, 6) is -0.467. The van der Waals surface area contributed by atoms with Crippen LogP contribution in [0.1, 0.15) is 38.2 Å². The van der Waals surface area contributed by atoms with Gasteiger partial charge in [0.1, 0.15) is 11.2 Å². The first-order valence-electron chi connectivity index (χ1n) is 10.8. The number of hydrogen-bond donors (Lipinski definition) is 0. The predicted molar refractivity (Wildman–Crippen MR) is 132 cm³/mol. The lowest BCUT2D eigenvalue weighted by atomic mass is 10.0. The molecule has 4 rings (SSSR count). The number of pyridine rings is 1. The van der Waals surface area contributed by atoms with Gasteiger partial charge in [-0.2, -0.15) is 0 Å². The Bertz CT molecular complexity index is 1340. The van der Waals surface area contributed by atoms with Crippen molar-refractivity contribution in [1.29, 1.82) is 0 Å². The topological polar surface area (TPSA) is 86.0 Å². The van der Waals surface area contributed by atoms with Gasteiger partial charge < -0.3 is 13.9 Å². The lowest BCUT2D eigenvalue weighted by molar-refractivity contribution is 0.0519. The summed E-state index contributed by atoms with van der Waals surface area (Å²) in [6, 6.07) is 11.8. The molecule has 0 N–H and O–H groups in total. The second-order valence-corrected chi connectivity index (χ2v) is 9.64. The summed E-state index contributed by atoms with van der Waals surface area (Å²) < 4.78 is 12.4. The van der Waals surface area contributed by atoms with Gasteiger partial charge in [-0.3, -0.25) is 4.90 Å². The van der Waals surface area contributed by atoms with E-state index in [9.17, 15) is 9.59 Å². The third kappa shape index (κ3) is 4.94. The number of nitrogens with zero attached hydrogens (tertiary/aromatic N) is 4. The first-order chi connectivity index (χ1) is 16.2. The van der Waals surface area contributed by atoms with E-state index in [-0.39, 0.29) is 12.3 Å². The van der Waals surface area contributed by atoms with Crippen molar-refractivity contribution >= 4 is 34.2 Å². The molecule has 0 aliphatic heterocycles. The molecule has 0 aliphatic rings. The standard InChI is InChI=1S/C25H26N4O4S/c1-6-32-22(30)19-15-29-14-17(12-18(21(29)27-19)16-10-8-7-9-11-16)20-13-26-23(34-20)28(5)24(31)33-25(2,3)4/h7-15H,6H2,1-5H3. The normalized spacial score (nSPS) is 11.4. The van der Waals surface area contributed by atoms with Crippen LogP contribution in [0.4, 0.5) is 9.93 Å². The van der Waals surface area contributed by atoms with Gasteiger partial charge in [-0.1, -0.05) is 41.7 Å². The van der Waals surface area contributed by atoms with Crippen LogP contribution in [0, 0.1) is 0 Å². The van der Waals surface area contributed by atoms with Crippen LogP contribution in [0.15, 0.2) is 55.0 Å². The first-order valence-corrected chi connectivity index (χ1v) is 11.7. The fourth-order valence-electron chi connectivity index (χ4n) is 3.33. The van der Waals surface area contributed by atoms with Gasteiger partial charge in [-0.25, -0.2) is 19.6 Å². The molecule has 1 amide bonds. The number of carbonyl (C=O) groups excluding carboxylic acids is 2. The molecule has 0 unspecified atom stereocenters. The van der Waals surface area contributed by atoms with Gasteiger partial charge in [0.2, 0.25) is 0 Å². The van der Waals surface area contributed by atoms with Crippen LogP contribution in [0.2, 0.25) is 0 Å². The van der Waals surface area contributed by atoms with Crippen molar-refractivity contribution in [3.8, 4) is 21.6 Å². The molecule has 0 aliphatic carbocycles. The van der Waals surface area contributed by atoms with Gasteiger partial charge in [-0.05, 0) is 39.3 Å². The summed E-state index contributed by atoms with van der Waals surface area (Å²) in [5.41, 5.74) is 2.99. The quantitative estimate of drug-likeness (QED) is 0.343. The Balaban J connectivity index is 1.76. The first kappa shape index (κ1) is 23.4. The lowest BCUT2D eigenvalue weighted by Gasteiger charge is -2.23. The van der Waals surface area contributed by atoms with Crippen molar-refractivity contribution in [2.75, 3.05) is 18.6 Å². The molecule has 0 saturated carbocycles. The van der Waals surface area contributed by atoms with Crippen LogP contribution >= 0.6 is 11.3 Å². The smallest absolute Gasteiger partial charge is 0.416 e. The number of aromatic nitrogens is 3. The fourth-order valence-corrected chi connectivity index (χ4v) is 4.18. The number of rotatable bonds is 5. The van der Waals surface area contributed by atoms with Gasteiger partial charge in [0.05, 0.1) is 11.5 Å². The van der Waals surface area contributed by atoms with Crippen molar-refractivity contribution in [2.45, 2.75) is 33.3 Å². The average molecular weight is 479 g/mol. The molecule has 34 heavy (non-hydrogen) atoms. The number of carbonyl (C=O) groups is 2. The number of imidazole rings is 1. The minimum absolute atomic E-state index is 0.242. The summed E-state index contributed by atoms with van der Waals surface area (Å²) in [6.45, 7) is 7.50. The highest BCUT2D eigenvalue weighted by Crippen LogP contribution is 2.35. The Kier molecular flexibility index (Phi) is 6.39. The molecular formula is C25H26N4O4S. The average Bonchev–Trinajstić information content (AvgIpc) is 3.45. The minimum atomic E-state index is -0.598. The van der Waals surface area contributed by atoms with E-state index >= 15 is 0 Å².